The first-order chi connectivity index (χ1) is 28.3. The van der Waals surface area contributed by atoms with E-state index in [0.717, 1.165) is 49.7 Å². The number of hydrogen-bond acceptors (Lipinski definition) is 12. The van der Waals surface area contributed by atoms with Crippen molar-refractivity contribution in [3.63, 3.8) is 0 Å². The maximum Gasteiger partial charge on any atom is 0.306 e. The van der Waals surface area contributed by atoms with Gasteiger partial charge in [0.15, 0.2) is 23.5 Å². The number of benzene rings is 1. The topological polar surface area (TPSA) is 213 Å². The van der Waals surface area contributed by atoms with Gasteiger partial charge in [0, 0.05) is 34.8 Å². The van der Waals surface area contributed by atoms with E-state index in [2.05, 4.69) is 17.6 Å². The van der Waals surface area contributed by atoms with Gasteiger partial charge in [-0.1, -0.05) is 37.6 Å². The minimum absolute atomic E-state index is 0.0114. The average Bonchev–Trinajstić information content (AvgIpc) is 3.66. The molecule has 0 aromatic heterocycles. The van der Waals surface area contributed by atoms with Crippen molar-refractivity contribution in [3.05, 3.63) is 53.6 Å². The van der Waals surface area contributed by atoms with Gasteiger partial charge in [0.1, 0.15) is 24.0 Å². The molecule has 1 heterocycles. The molecule has 60 heavy (non-hydrogen) atoms. The highest BCUT2D eigenvalue weighted by atomic mass is 16.7. The fraction of sp³-hybridized carbons (Fsp3) is 0.674. The number of aliphatic hydroxyl groups is 2. The van der Waals surface area contributed by atoms with Crippen molar-refractivity contribution in [1.82, 2.24) is 10.6 Å². The van der Waals surface area contributed by atoms with Crippen molar-refractivity contribution < 1.29 is 53.1 Å². The lowest BCUT2D eigenvalue weighted by molar-refractivity contribution is -0.201. The predicted molar refractivity (Wildman–Crippen MR) is 217 cm³/mol. The van der Waals surface area contributed by atoms with E-state index in [4.69, 9.17) is 24.7 Å². The van der Waals surface area contributed by atoms with Crippen molar-refractivity contribution in [2.24, 2.45) is 39.7 Å². The van der Waals surface area contributed by atoms with Gasteiger partial charge in [-0.15, -0.1) is 0 Å². The zero-order valence-electron chi connectivity index (χ0n) is 35.4. The lowest BCUT2D eigenvalue weighted by Crippen LogP contribution is -2.63. The number of carbonyl (C=O) groups is 5. The van der Waals surface area contributed by atoms with E-state index in [1.54, 1.807) is 32.9 Å². The molecule has 0 bridgehead atoms. The number of rotatable bonds is 12. The average molecular weight is 832 g/mol. The molecule has 1 saturated heterocycles. The Balaban J connectivity index is 0.853. The van der Waals surface area contributed by atoms with E-state index in [-0.39, 0.29) is 66.4 Å². The number of ketones is 2. The Bertz CT molecular complexity index is 1960. The van der Waals surface area contributed by atoms with E-state index in [0.29, 0.717) is 18.6 Å². The highest BCUT2D eigenvalue weighted by Gasteiger charge is 2.76. The summed E-state index contributed by atoms with van der Waals surface area (Å²) in [6.45, 7) is 8.49. The molecule has 6 N–H and O–H groups in total. The van der Waals surface area contributed by atoms with Crippen LogP contribution in [-0.2, 0) is 38.2 Å². The second-order valence-electron chi connectivity index (χ2n) is 20.1. The molecule has 14 heteroatoms. The first-order valence-electron chi connectivity index (χ1n) is 21.7. The summed E-state index contributed by atoms with van der Waals surface area (Å²) < 4.78 is 25.1. The Hall–Kier alpha value is -3.95. The van der Waals surface area contributed by atoms with Crippen molar-refractivity contribution >= 4 is 29.4 Å². The third-order valence-electron chi connectivity index (χ3n) is 15.2. The van der Waals surface area contributed by atoms with Crippen molar-refractivity contribution in [3.8, 4) is 5.75 Å². The number of fused-ring (bicyclic) bond motifs is 7. The van der Waals surface area contributed by atoms with Crippen LogP contribution < -0.4 is 21.1 Å². The predicted octanol–water partition coefficient (Wildman–Crippen LogP) is 3.66. The van der Waals surface area contributed by atoms with Crippen molar-refractivity contribution in [2.45, 2.75) is 147 Å². The SMILES string of the molecule is CC(C)(C)OC(=O)CC[C@H](NC(=O)CN)C(=O)NC1CC2(C1)CC(Oc1ccc([C@@H]3O[C@@H]4C[C@H]5[C@@H]6CCC7=CC(=O)C=C[C@]7(C)[C@H]6[C@@H](O)C[C@]5(C)[C@]4(C(=O)CO)O3)cc1)C2. The molecule has 5 saturated carbocycles. The van der Waals surface area contributed by atoms with E-state index in [1.165, 1.54) is 0 Å². The summed E-state index contributed by atoms with van der Waals surface area (Å²) in [5.41, 5.74) is 4.03. The first-order valence-corrected chi connectivity index (χ1v) is 21.7. The van der Waals surface area contributed by atoms with Gasteiger partial charge in [-0.3, -0.25) is 24.0 Å². The Morgan fingerprint density at radius 1 is 1.05 bits per heavy atom. The molecule has 0 radical (unpaired) electrons. The number of nitrogens with one attached hydrogen (secondary N) is 2. The lowest BCUT2D eigenvalue weighted by Gasteiger charge is -2.59. The summed E-state index contributed by atoms with van der Waals surface area (Å²) >= 11 is 0. The quantitative estimate of drug-likeness (QED) is 0.191. The standard InChI is InChI=1S/C46H61N3O11/c1-42(2,3)59-38(55)13-12-33(49-37(54)23-47)40(56)48-27-18-45(19-27)20-30(21-45)57-29-9-6-25(7-10-29)41-58-36-17-32-31-11-8-26-16-28(51)14-15-43(26,4)39(31)34(52)22-44(32,5)46(36,60-41)35(53)24-50/h6-7,9-10,14-16,27,30-34,36,39,41,50,52H,8,11-13,17-24,47H2,1-5H3,(H,48,56)(H,49,54)/t27?,30?,31-,32-,33-,34-,36+,39+,41+,43-,44-,45?,46+/m0/s1. The Morgan fingerprint density at radius 2 is 1.77 bits per heavy atom. The van der Waals surface area contributed by atoms with Gasteiger partial charge in [-0.25, -0.2) is 0 Å². The van der Waals surface area contributed by atoms with Crippen LogP contribution in [0.15, 0.2) is 48.1 Å². The van der Waals surface area contributed by atoms with Crippen LogP contribution in [0.5, 0.6) is 5.75 Å². The molecule has 6 aliphatic carbocycles. The summed E-state index contributed by atoms with van der Waals surface area (Å²) in [7, 11) is 0. The number of hydrogen-bond donors (Lipinski definition) is 5. The molecule has 10 atom stereocenters. The molecular formula is C46H61N3O11. The summed E-state index contributed by atoms with van der Waals surface area (Å²) in [5, 5.41) is 27.9. The molecule has 1 spiro atoms. The Labute approximate surface area is 351 Å². The van der Waals surface area contributed by atoms with E-state index in [9.17, 15) is 34.2 Å². The van der Waals surface area contributed by atoms with E-state index in [1.807, 2.05) is 37.3 Å². The third-order valence-corrected chi connectivity index (χ3v) is 15.2. The molecule has 7 aliphatic rings. The number of Topliss-reactive ketones (excluding diaryl/α,β-unsaturated/α-hetero) is 1. The zero-order valence-corrected chi connectivity index (χ0v) is 35.4. The largest absolute Gasteiger partial charge is 0.490 e. The molecule has 1 aliphatic heterocycles. The fourth-order valence-electron chi connectivity index (χ4n) is 12.6. The molecule has 0 unspecified atom stereocenters. The number of aliphatic hydroxyl groups excluding tert-OH is 2. The number of amides is 2. The van der Waals surface area contributed by atoms with Crippen LogP contribution in [0.2, 0.25) is 0 Å². The molecule has 8 rings (SSSR count). The fourth-order valence-corrected chi connectivity index (χ4v) is 12.6. The van der Waals surface area contributed by atoms with Gasteiger partial charge in [-0.2, -0.15) is 0 Å². The second kappa shape index (κ2) is 15.4. The molecule has 14 nitrogen and oxygen atoms in total. The van der Waals surface area contributed by atoms with Gasteiger partial charge in [0.05, 0.1) is 24.9 Å². The minimum Gasteiger partial charge on any atom is -0.490 e. The van der Waals surface area contributed by atoms with Gasteiger partial charge in [-0.05, 0) is 120 Å². The van der Waals surface area contributed by atoms with Crippen LogP contribution in [0.3, 0.4) is 0 Å². The molecular weight excluding hydrogens is 771 g/mol. The van der Waals surface area contributed by atoms with Crippen molar-refractivity contribution in [2.75, 3.05) is 13.2 Å². The Kier molecular flexibility index (Phi) is 11.0. The molecule has 2 amide bonds. The lowest BCUT2D eigenvalue weighted by atomic mass is 9.46. The van der Waals surface area contributed by atoms with Gasteiger partial charge in [0.25, 0.3) is 0 Å². The van der Waals surface area contributed by atoms with Crippen LogP contribution in [0.1, 0.15) is 111 Å². The second-order valence-corrected chi connectivity index (χ2v) is 20.1. The van der Waals surface area contributed by atoms with E-state index < -0.39 is 70.8 Å². The van der Waals surface area contributed by atoms with E-state index >= 15 is 0 Å². The highest BCUT2D eigenvalue weighted by Crippen LogP contribution is 2.70. The van der Waals surface area contributed by atoms with Crippen LogP contribution in [0, 0.1) is 34.0 Å². The summed E-state index contributed by atoms with van der Waals surface area (Å²) in [4.78, 5) is 63.7. The summed E-state index contributed by atoms with van der Waals surface area (Å²) in [6, 6.07) is 6.55. The van der Waals surface area contributed by atoms with Gasteiger partial charge in [0.2, 0.25) is 11.8 Å². The maximum absolute atomic E-state index is 13.9. The number of carbonyl (C=O) groups excluding carboxylic acids is 5. The Morgan fingerprint density at radius 3 is 2.43 bits per heavy atom. The summed E-state index contributed by atoms with van der Waals surface area (Å²) in [6.07, 6.45) is 8.91. The third kappa shape index (κ3) is 7.33. The molecule has 6 fully saturated rings. The first kappa shape index (κ1) is 42.7. The van der Waals surface area contributed by atoms with Crippen LogP contribution >= 0.6 is 0 Å². The summed E-state index contributed by atoms with van der Waals surface area (Å²) in [5.74, 6) is -1.04. The smallest absolute Gasteiger partial charge is 0.306 e. The number of nitrogens with two attached hydrogens (primary N) is 1. The molecule has 1 aromatic rings. The van der Waals surface area contributed by atoms with Gasteiger partial charge < -0.3 is 45.5 Å². The molecule has 326 valence electrons. The number of ether oxygens (including phenoxy) is 4. The van der Waals surface area contributed by atoms with Crippen molar-refractivity contribution in [1.29, 1.82) is 0 Å². The van der Waals surface area contributed by atoms with Crippen LogP contribution in [0.25, 0.3) is 0 Å². The minimum atomic E-state index is -1.42. The maximum atomic E-state index is 13.9. The molecule has 1 aromatic carbocycles. The monoisotopic (exact) mass is 831 g/mol. The van der Waals surface area contributed by atoms with Gasteiger partial charge >= 0.3 is 5.97 Å². The zero-order chi connectivity index (χ0) is 43.0. The van der Waals surface area contributed by atoms with Crippen LogP contribution in [0.4, 0.5) is 0 Å². The number of esters is 1. The number of allylic oxidation sites excluding steroid dienone is 4. The highest BCUT2D eigenvalue weighted by molar-refractivity contribution is 6.01. The normalized spacial score (nSPS) is 39.1. The van der Waals surface area contributed by atoms with Crippen LogP contribution in [-0.4, -0.2) is 94.3 Å².